The van der Waals surface area contributed by atoms with E-state index in [1.165, 1.54) is 11.8 Å². The highest BCUT2D eigenvalue weighted by atomic mass is 32.2. The Morgan fingerprint density at radius 2 is 1.59 bits per heavy atom. The monoisotopic (exact) mass is 537 g/mol. The highest BCUT2D eigenvalue weighted by molar-refractivity contribution is 7.93. The molecule has 0 aliphatic rings. The molecule has 0 aliphatic carbocycles. The van der Waals surface area contributed by atoms with Crippen molar-refractivity contribution in [3.05, 3.63) is 94.4 Å². The molecular formula is C26H27N5O4S2. The molecule has 4 aromatic rings. The fraction of sp³-hybridized carbons (Fsp3) is 0.154. The number of ether oxygens (including phenoxy) is 1. The maximum absolute atomic E-state index is 13.4. The number of para-hydroxylation sites is 3. The van der Waals surface area contributed by atoms with Crippen molar-refractivity contribution in [2.24, 2.45) is 7.05 Å². The van der Waals surface area contributed by atoms with Crippen LogP contribution in [0.3, 0.4) is 0 Å². The third-order valence-corrected chi connectivity index (χ3v) is 7.43. The molecule has 0 saturated heterocycles. The molecule has 1 heterocycles. The van der Waals surface area contributed by atoms with Crippen LogP contribution in [0.2, 0.25) is 0 Å². The minimum absolute atomic E-state index is 0.00552. The van der Waals surface area contributed by atoms with Crippen molar-refractivity contribution >= 4 is 44.4 Å². The average molecular weight is 538 g/mol. The van der Waals surface area contributed by atoms with Crippen molar-refractivity contribution in [2.75, 3.05) is 22.5 Å². The summed E-state index contributed by atoms with van der Waals surface area (Å²) in [5.41, 5.74) is 2.67. The second-order valence-electron chi connectivity index (χ2n) is 8.32. The van der Waals surface area contributed by atoms with E-state index in [-0.39, 0.29) is 26.9 Å². The maximum atomic E-state index is 13.4. The lowest BCUT2D eigenvalue weighted by atomic mass is 10.2. The van der Waals surface area contributed by atoms with Gasteiger partial charge in [0.05, 0.1) is 29.9 Å². The number of aromatic nitrogens is 2. The summed E-state index contributed by atoms with van der Waals surface area (Å²) in [6.45, 7) is 3.59. The molecule has 0 unspecified atom stereocenters. The number of sulfonamides is 1. The first-order chi connectivity index (χ1) is 17.6. The molecule has 11 heteroatoms. The van der Waals surface area contributed by atoms with E-state index in [1.807, 2.05) is 30.3 Å². The van der Waals surface area contributed by atoms with Gasteiger partial charge in [-0.25, -0.2) is 13.1 Å². The third kappa shape index (κ3) is 5.37. The number of aryl methyl sites for hydroxylation is 1. The highest BCUT2D eigenvalue weighted by Gasteiger charge is 2.22. The van der Waals surface area contributed by atoms with Crippen LogP contribution in [-0.4, -0.2) is 30.0 Å². The second-order valence-corrected chi connectivity index (χ2v) is 10.4. The van der Waals surface area contributed by atoms with Crippen LogP contribution in [0.5, 0.6) is 5.75 Å². The molecule has 3 N–H and O–H groups in total. The van der Waals surface area contributed by atoms with E-state index < -0.39 is 10.0 Å². The van der Waals surface area contributed by atoms with E-state index >= 15 is 0 Å². The molecule has 0 saturated carbocycles. The Kier molecular flexibility index (Phi) is 7.37. The fourth-order valence-corrected chi connectivity index (χ4v) is 5.39. The molecule has 0 aliphatic heterocycles. The number of hydrogen-bond donors (Lipinski definition) is 3. The van der Waals surface area contributed by atoms with Crippen molar-refractivity contribution in [2.45, 2.75) is 18.7 Å². The smallest absolute Gasteiger partial charge is 0.295 e. The molecule has 9 nitrogen and oxygen atoms in total. The Labute approximate surface area is 220 Å². The van der Waals surface area contributed by atoms with Crippen LogP contribution in [0.25, 0.3) is 5.69 Å². The van der Waals surface area contributed by atoms with Crippen LogP contribution < -0.4 is 25.7 Å². The topological polar surface area (TPSA) is 106 Å². The van der Waals surface area contributed by atoms with Gasteiger partial charge in [0.15, 0.2) is 5.11 Å². The number of thiocarbonyl (C=S) groups is 1. The first-order valence-corrected chi connectivity index (χ1v) is 13.2. The number of anilines is 3. The molecule has 0 spiro atoms. The van der Waals surface area contributed by atoms with E-state index in [0.717, 1.165) is 5.56 Å². The van der Waals surface area contributed by atoms with Crippen molar-refractivity contribution < 1.29 is 13.2 Å². The molecule has 0 atom stereocenters. The SMILES string of the molecule is COc1ccccc1NS(=O)(=O)c1cc(C)ccc1NC(=S)Nc1c(C)n(C)n(-c2ccccc2)c1=O. The minimum Gasteiger partial charge on any atom is -0.495 e. The predicted octanol–water partition coefficient (Wildman–Crippen LogP) is 4.41. The zero-order valence-corrected chi connectivity index (χ0v) is 22.4. The maximum Gasteiger partial charge on any atom is 0.295 e. The molecule has 0 radical (unpaired) electrons. The Morgan fingerprint density at radius 1 is 0.919 bits per heavy atom. The number of methoxy groups -OCH3 is 1. The summed E-state index contributed by atoms with van der Waals surface area (Å²) in [6, 6.07) is 20.9. The molecule has 0 fully saturated rings. The van der Waals surface area contributed by atoms with Gasteiger partial charge >= 0.3 is 0 Å². The second kappa shape index (κ2) is 10.5. The Balaban J connectivity index is 1.63. The quantitative estimate of drug-likeness (QED) is 0.300. The van der Waals surface area contributed by atoms with Gasteiger partial charge in [0.2, 0.25) is 0 Å². The highest BCUT2D eigenvalue weighted by Crippen LogP contribution is 2.29. The van der Waals surface area contributed by atoms with Crippen molar-refractivity contribution in [1.82, 2.24) is 9.36 Å². The average Bonchev–Trinajstić information content (AvgIpc) is 3.08. The first-order valence-electron chi connectivity index (χ1n) is 11.3. The lowest BCUT2D eigenvalue weighted by Crippen LogP contribution is -2.26. The lowest BCUT2D eigenvalue weighted by Gasteiger charge is -2.16. The summed E-state index contributed by atoms with van der Waals surface area (Å²) in [5, 5.41) is 5.97. The van der Waals surface area contributed by atoms with Gasteiger partial charge in [0.25, 0.3) is 15.6 Å². The van der Waals surface area contributed by atoms with Gasteiger partial charge in [-0.1, -0.05) is 36.4 Å². The van der Waals surface area contributed by atoms with Gasteiger partial charge < -0.3 is 15.4 Å². The van der Waals surface area contributed by atoms with Gasteiger partial charge in [-0.05, 0) is 68.0 Å². The van der Waals surface area contributed by atoms with Crippen molar-refractivity contribution in [3.63, 3.8) is 0 Å². The summed E-state index contributed by atoms with van der Waals surface area (Å²) in [4.78, 5) is 13.2. The molecule has 4 rings (SSSR count). The lowest BCUT2D eigenvalue weighted by molar-refractivity contribution is 0.417. The molecule has 3 aromatic carbocycles. The number of rotatable bonds is 7. The van der Waals surface area contributed by atoms with Gasteiger partial charge in [0.1, 0.15) is 16.3 Å². The number of benzene rings is 3. The van der Waals surface area contributed by atoms with E-state index in [2.05, 4.69) is 15.4 Å². The van der Waals surface area contributed by atoms with E-state index in [0.29, 0.717) is 22.8 Å². The van der Waals surface area contributed by atoms with E-state index in [1.54, 1.807) is 68.0 Å². The van der Waals surface area contributed by atoms with Crippen molar-refractivity contribution in [3.8, 4) is 11.4 Å². The van der Waals surface area contributed by atoms with Gasteiger partial charge in [0, 0.05) is 7.05 Å². The zero-order valence-electron chi connectivity index (χ0n) is 20.8. The van der Waals surface area contributed by atoms with Crippen LogP contribution in [0.1, 0.15) is 11.3 Å². The van der Waals surface area contributed by atoms with Crippen LogP contribution in [0, 0.1) is 13.8 Å². The summed E-state index contributed by atoms with van der Waals surface area (Å²) < 4.78 is 37.8. The molecule has 37 heavy (non-hydrogen) atoms. The van der Waals surface area contributed by atoms with Gasteiger partial charge in [-0.3, -0.25) is 14.2 Å². The van der Waals surface area contributed by atoms with Gasteiger partial charge in [-0.2, -0.15) is 0 Å². The number of hydrogen-bond acceptors (Lipinski definition) is 5. The minimum atomic E-state index is -4.02. The first kappa shape index (κ1) is 26.0. The summed E-state index contributed by atoms with van der Waals surface area (Å²) in [7, 11) is -0.779. The Morgan fingerprint density at radius 3 is 2.30 bits per heavy atom. The van der Waals surface area contributed by atoms with Crippen LogP contribution >= 0.6 is 12.2 Å². The molecule has 0 bridgehead atoms. The third-order valence-electron chi connectivity index (χ3n) is 5.82. The summed E-state index contributed by atoms with van der Waals surface area (Å²) >= 11 is 5.48. The molecule has 192 valence electrons. The fourth-order valence-electron chi connectivity index (χ4n) is 3.86. The normalized spacial score (nSPS) is 11.1. The predicted molar refractivity (Wildman–Crippen MR) is 151 cm³/mol. The van der Waals surface area contributed by atoms with Crippen molar-refractivity contribution in [1.29, 1.82) is 0 Å². The number of nitrogens with zero attached hydrogens (tertiary/aromatic N) is 2. The van der Waals surface area contributed by atoms with E-state index in [4.69, 9.17) is 17.0 Å². The summed E-state index contributed by atoms with van der Waals surface area (Å²) in [5.74, 6) is 0.389. The number of nitrogens with one attached hydrogen (secondary N) is 3. The standard InChI is InChI=1S/C26H27N5O4S2/c1-17-14-15-21(23(16-17)37(33,34)29-20-12-8-9-13-22(20)35-4)27-26(36)28-24-18(2)30(3)31(25(24)32)19-10-6-5-7-11-19/h5-16,29H,1-4H3,(H2,27,28,36). The Hall–Kier alpha value is -4.09. The van der Waals surface area contributed by atoms with E-state index in [9.17, 15) is 13.2 Å². The molecule has 1 aromatic heterocycles. The molecule has 0 amide bonds. The van der Waals surface area contributed by atoms with Gasteiger partial charge in [-0.15, -0.1) is 0 Å². The Bertz CT molecular complexity index is 1630. The van der Waals surface area contributed by atoms with Crippen LogP contribution in [0.4, 0.5) is 17.1 Å². The molecular weight excluding hydrogens is 510 g/mol. The van der Waals surface area contributed by atoms with Crippen LogP contribution in [0.15, 0.2) is 82.5 Å². The largest absolute Gasteiger partial charge is 0.495 e. The zero-order chi connectivity index (χ0) is 26.7. The summed E-state index contributed by atoms with van der Waals surface area (Å²) in [6.07, 6.45) is 0. The van der Waals surface area contributed by atoms with Crippen LogP contribution in [-0.2, 0) is 17.1 Å².